The van der Waals surface area contributed by atoms with E-state index < -0.39 is 17.9 Å². The number of nitrogens with one attached hydrogen (secondary N) is 1. The van der Waals surface area contributed by atoms with Crippen molar-refractivity contribution in [3.05, 3.63) is 114 Å². The van der Waals surface area contributed by atoms with Crippen molar-refractivity contribution in [1.29, 1.82) is 0 Å². The summed E-state index contributed by atoms with van der Waals surface area (Å²) >= 11 is 14.2. The molecule has 7 rings (SSSR count). The van der Waals surface area contributed by atoms with Gasteiger partial charge in [0, 0.05) is 29.4 Å². The number of thiophene rings is 1. The number of fused-ring (bicyclic) bond motifs is 3. The summed E-state index contributed by atoms with van der Waals surface area (Å²) in [7, 11) is 3.07. The molecule has 10 nitrogen and oxygen atoms in total. The summed E-state index contributed by atoms with van der Waals surface area (Å²) in [5, 5.41) is 26.1. The van der Waals surface area contributed by atoms with Gasteiger partial charge in [-0.2, -0.15) is 4.73 Å². The number of esters is 1. The lowest BCUT2D eigenvalue weighted by Crippen LogP contribution is -2.52. The number of carbonyl (C=O) groups is 2. The van der Waals surface area contributed by atoms with Crippen molar-refractivity contribution >= 4 is 46.5 Å². The number of carboxylic acid groups (broad SMARTS) is 1. The highest BCUT2D eigenvalue weighted by Gasteiger charge is 2.38. The molecule has 264 valence electrons. The molecule has 2 bridgehead atoms. The molecule has 4 aromatic rings. The molecule has 0 aliphatic carbocycles. The van der Waals surface area contributed by atoms with E-state index in [1.165, 1.54) is 38.0 Å². The summed E-state index contributed by atoms with van der Waals surface area (Å²) in [6.07, 6.45) is 5.09. The number of methoxy groups -OCH3 is 2. The van der Waals surface area contributed by atoms with Crippen molar-refractivity contribution in [2.75, 3.05) is 40.4 Å². The van der Waals surface area contributed by atoms with E-state index in [1.807, 2.05) is 42.5 Å². The number of rotatable bonds is 14. The van der Waals surface area contributed by atoms with Crippen LogP contribution in [0.1, 0.15) is 61.6 Å². The zero-order valence-electron chi connectivity index (χ0n) is 27.8. The fourth-order valence-electron chi connectivity index (χ4n) is 7.00. The topological polar surface area (TPSA) is 124 Å². The first-order valence-corrected chi connectivity index (χ1v) is 18.1. The summed E-state index contributed by atoms with van der Waals surface area (Å²) < 4.78 is 17.7. The number of carboxylic acids is 1. The van der Waals surface area contributed by atoms with E-state index in [4.69, 9.17) is 37.4 Å². The number of aromatic carboxylic acids is 1. The first kappa shape index (κ1) is 35.9. The van der Waals surface area contributed by atoms with Gasteiger partial charge < -0.3 is 29.8 Å². The van der Waals surface area contributed by atoms with Crippen LogP contribution in [0.5, 0.6) is 11.5 Å². The second-order valence-electron chi connectivity index (χ2n) is 12.6. The van der Waals surface area contributed by atoms with Gasteiger partial charge in [0.1, 0.15) is 27.1 Å². The number of ether oxygens (including phenoxy) is 3. The number of piperidine rings is 3. The molecule has 2 aromatic carbocycles. The lowest BCUT2D eigenvalue weighted by atomic mass is 9.85. The van der Waals surface area contributed by atoms with Crippen LogP contribution < -0.4 is 19.5 Å². The van der Waals surface area contributed by atoms with Crippen molar-refractivity contribution in [3.63, 3.8) is 0 Å². The second kappa shape index (κ2) is 16.0. The van der Waals surface area contributed by atoms with Crippen LogP contribution in [-0.2, 0) is 22.4 Å². The number of pyridine rings is 1. The zero-order chi connectivity index (χ0) is 35.4. The van der Waals surface area contributed by atoms with Crippen molar-refractivity contribution < 1.29 is 33.6 Å². The van der Waals surface area contributed by atoms with Crippen molar-refractivity contribution in [2.24, 2.45) is 5.92 Å². The maximum Gasteiger partial charge on any atom is 0.346 e. The molecule has 0 saturated carbocycles. The van der Waals surface area contributed by atoms with E-state index in [-0.39, 0.29) is 33.4 Å². The minimum Gasteiger partial charge on any atom is -0.619 e. The molecule has 2 aromatic heterocycles. The number of hydrogen-bond acceptors (Lipinski definition) is 9. The van der Waals surface area contributed by atoms with Crippen LogP contribution in [0.25, 0.3) is 0 Å². The molecule has 0 spiro atoms. The maximum atomic E-state index is 13.6. The molecule has 5 heterocycles. The fraction of sp³-hybridized carbons (Fsp3) is 0.378. The molecule has 2 N–H and O–H groups in total. The Morgan fingerprint density at radius 2 is 1.72 bits per heavy atom. The zero-order valence-corrected chi connectivity index (χ0v) is 30.1. The van der Waals surface area contributed by atoms with Gasteiger partial charge in [-0.15, -0.1) is 11.3 Å². The first-order valence-electron chi connectivity index (χ1n) is 16.5. The molecule has 3 fully saturated rings. The summed E-state index contributed by atoms with van der Waals surface area (Å²) in [6.45, 7) is 3.28. The van der Waals surface area contributed by atoms with Crippen molar-refractivity contribution in [2.45, 2.75) is 43.7 Å². The van der Waals surface area contributed by atoms with Gasteiger partial charge in [-0.3, -0.25) is 4.90 Å². The summed E-state index contributed by atoms with van der Waals surface area (Å²) in [6, 6.07) is 16.1. The van der Waals surface area contributed by atoms with E-state index >= 15 is 0 Å². The van der Waals surface area contributed by atoms with Gasteiger partial charge in [0.05, 0.1) is 14.2 Å². The van der Waals surface area contributed by atoms with Crippen LogP contribution in [0.4, 0.5) is 0 Å². The Morgan fingerprint density at radius 1 is 1.02 bits per heavy atom. The maximum absolute atomic E-state index is 13.6. The molecule has 13 heteroatoms. The molecule has 3 saturated heterocycles. The molecule has 3 aliphatic heterocycles. The van der Waals surface area contributed by atoms with Crippen LogP contribution >= 0.6 is 34.5 Å². The van der Waals surface area contributed by atoms with Gasteiger partial charge >= 0.3 is 11.9 Å². The van der Waals surface area contributed by atoms with Gasteiger partial charge in [-0.25, -0.2) is 9.59 Å². The highest BCUT2D eigenvalue weighted by molar-refractivity contribution is 7.14. The fourth-order valence-corrected chi connectivity index (χ4v) is 8.66. The van der Waals surface area contributed by atoms with Crippen LogP contribution in [0.15, 0.2) is 67.0 Å². The molecule has 3 atom stereocenters. The van der Waals surface area contributed by atoms with Gasteiger partial charge in [-0.05, 0) is 79.6 Å². The quantitative estimate of drug-likeness (QED) is 0.0873. The number of carbonyl (C=O) groups excluding carboxylic acids is 1. The SMILES string of the molecule is COc1ccc([C@H](Cc2c(Cl)c[n+]([O-])cc2Cl)c2cc(CCNC(C(=O)O[C@H]3CN4CCC3CC4)c3ccccc3)sc2C(=O)O)cc1OC. The summed E-state index contributed by atoms with van der Waals surface area (Å²) in [5.41, 5.74) is 2.63. The third-order valence-electron chi connectivity index (χ3n) is 9.61. The largest absolute Gasteiger partial charge is 0.619 e. The predicted octanol–water partition coefficient (Wildman–Crippen LogP) is 6.29. The normalized spacial score (nSPS) is 19.5. The van der Waals surface area contributed by atoms with Crippen molar-refractivity contribution in [3.8, 4) is 11.5 Å². The van der Waals surface area contributed by atoms with E-state index in [0.717, 1.165) is 48.5 Å². The monoisotopic (exact) mass is 739 g/mol. The molecule has 0 radical (unpaired) electrons. The molecule has 3 aliphatic rings. The molecule has 1 unspecified atom stereocenters. The van der Waals surface area contributed by atoms with Crippen LogP contribution in [0.2, 0.25) is 10.0 Å². The molecular weight excluding hydrogens is 701 g/mol. The number of aromatic nitrogens is 1. The predicted molar refractivity (Wildman–Crippen MR) is 192 cm³/mol. The molecule has 50 heavy (non-hydrogen) atoms. The third-order valence-corrected chi connectivity index (χ3v) is 11.5. The molecular formula is C37H39Cl2N3O7S. The number of nitrogens with zero attached hydrogens (tertiary/aromatic N) is 2. The lowest BCUT2D eigenvalue weighted by Gasteiger charge is -2.44. The highest BCUT2D eigenvalue weighted by atomic mass is 35.5. The van der Waals surface area contributed by atoms with E-state index in [2.05, 4.69) is 10.2 Å². The Balaban J connectivity index is 1.27. The number of benzene rings is 2. The van der Waals surface area contributed by atoms with Gasteiger partial charge in [0.25, 0.3) is 0 Å². The number of halogens is 2. The number of hydrogen-bond donors (Lipinski definition) is 2. The Bertz CT molecular complexity index is 1810. The van der Waals surface area contributed by atoms with E-state index in [9.17, 15) is 19.9 Å². The second-order valence-corrected chi connectivity index (χ2v) is 14.6. The van der Waals surface area contributed by atoms with Crippen LogP contribution in [-0.4, -0.2) is 68.4 Å². The Kier molecular flexibility index (Phi) is 11.5. The Labute approximate surface area is 305 Å². The van der Waals surface area contributed by atoms with Gasteiger partial charge in [-0.1, -0.05) is 59.6 Å². The van der Waals surface area contributed by atoms with E-state index in [0.29, 0.717) is 46.2 Å². The highest BCUT2D eigenvalue weighted by Crippen LogP contribution is 2.41. The van der Waals surface area contributed by atoms with Gasteiger partial charge in [0.15, 0.2) is 23.9 Å². The summed E-state index contributed by atoms with van der Waals surface area (Å²) in [5.74, 6) is -0.511. The first-order chi connectivity index (χ1) is 24.1. The lowest BCUT2D eigenvalue weighted by molar-refractivity contribution is -0.605. The Hall–Kier alpha value is -3.87. The minimum atomic E-state index is -1.07. The van der Waals surface area contributed by atoms with Crippen molar-refractivity contribution in [1.82, 2.24) is 10.2 Å². The smallest absolute Gasteiger partial charge is 0.346 e. The van der Waals surface area contributed by atoms with Crippen LogP contribution in [0, 0.1) is 11.1 Å². The summed E-state index contributed by atoms with van der Waals surface area (Å²) in [4.78, 5) is 29.7. The minimum absolute atomic E-state index is 0.116. The average Bonchev–Trinajstić information content (AvgIpc) is 3.54. The Morgan fingerprint density at radius 3 is 2.34 bits per heavy atom. The van der Waals surface area contributed by atoms with Gasteiger partial charge in [0.2, 0.25) is 0 Å². The average molecular weight is 741 g/mol. The van der Waals surface area contributed by atoms with E-state index in [1.54, 1.807) is 12.1 Å². The molecule has 0 amide bonds. The standard InChI is InChI=1S/C37H39Cl2N3O7S/c1-47-31-9-8-24(16-32(31)48-2)26(18-28-29(38)19-42(46)20-30(28)39)27-17-25(50-35(27)36(43)44)10-13-40-34(23-6-4-3-5-7-23)37(45)49-33-21-41-14-11-22(33)12-15-41/h3-9,16-17,19-20,22,26,33-34,40H,10-15,18,21H2,1-2H3,(H,43,44)/t26-,33-,34?/m0/s1. The third kappa shape index (κ3) is 8.03. The van der Waals surface area contributed by atoms with Crippen LogP contribution in [0.3, 0.4) is 0 Å².